The van der Waals surface area contributed by atoms with Crippen LogP contribution in [0.1, 0.15) is 44.2 Å². The zero-order valence-electron chi connectivity index (χ0n) is 13.0. The van der Waals surface area contributed by atoms with Gasteiger partial charge in [0.25, 0.3) is 0 Å². The van der Waals surface area contributed by atoms with E-state index in [0.717, 1.165) is 43.5 Å². The number of ether oxygens (including phenoxy) is 1. The van der Waals surface area contributed by atoms with Crippen molar-refractivity contribution in [1.82, 2.24) is 5.32 Å². The van der Waals surface area contributed by atoms with E-state index in [0.29, 0.717) is 5.92 Å². The van der Waals surface area contributed by atoms with Crippen molar-refractivity contribution in [2.24, 2.45) is 17.6 Å². The maximum absolute atomic E-state index is 12.4. The quantitative estimate of drug-likeness (QED) is 0.876. The third kappa shape index (κ3) is 3.97. The number of hydrogen-bond acceptors (Lipinski definition) is 3. The van der Waals surface area contributed by atoms with Crippen molar-refractivity contribution in [2.75, 3.05) is 13.7 Å². The third-order valence-electron chi connectivity index (χ3n) is 4.52. The number of benzene rings is 1. The summed E-state index contributed by atoms with van der Waals surface area (Å²) in [4.78, 5) is 12.4. The smallest absolute Gasteiger partial charge is 0.223 e. The van der Waals surface area contributed by atoms with Gasteiger partial charge in [-0.3, -0.25) is 4.79 Å². The van der Waals surface area contributed by atoms with Crippen molar-refractivity contribution >= 4 is 5.91 Å². The van der Waals surface area contributed by atoms with Gasteiger partial charge in [0.2, 0.25) is 5.91 Å². The molecule has 116 valence electrons. The number of amides is 1. The van der Waals surface area contributed by atoms with Crippen molar-refractivity contribution in [1.29, 1.82) is 0 Å². The van der Waals surface area contributed by atoms with E-state index in [1.54, 1.807) is 7.11 Å². The SMILES string of the molecule is COc1ccccc1[C@@H](C)NC(=O)C1CCC(CN)CC1. The third-order valence-corrected chi connectivity index (χ3v) is 4.52. The van der Waals surface area contributed by atoms with Gasteiger partial charge in [-0.25, -0.2) is 0 Å². The Morgan fingerprint density at radius 3 is 2.62 bits per heavy atom. The summed E-state index contributed by atoms with van der Waals surface area (Å²) in [5.74, 6) is 1.70. The Morgan fingerprint density at radius 2 is 2.00 bits per heavy atom. The molecule has 4 heteroatoms. The second-order valence-corrected chi connectivity index (χ2v) is 5.93. The highest BCUT2D eigenvalue weighted by Gasteiger charge is 2.26. The normalized spacial score (nSPS) is 23.4. The van der Waals surface area contributed by atoms with Crippen LogP contribution in [0.25, 0.3) is 0 Å². The van der Waals surface area contributed by atoms with Crippen LogP contribution in [-0.4, -0.2) is 19.6 Å². The van der Waals surface area contributed by atoms with Gasteiger partial charge in [-0.2, -0.15) is 0 Å². The second kappa shape index (κ2) is 7.46. The van der Waals surface area contributed by atoms with Gasteiger partial charge in [0.15, 0.2) is 0 Å². The summed E-state index contributed by atoms with van der Waals surface area (Å²) >= 11 is 0. The van der Waals surface area contributed by atoms with Gasteiger partial charge in [-0.05, 0) is 51.1 Å². The molecule has 1 amide bonds. The van der Waals surface area contributed by atoms with E-state index in [2.05, 4.69) is 5.32 Å². The first-order valence-corrected chi connectivity index (χ1v) is 7.79. The summed E-state index contributed by atoms with van der Waals surface area (Å²) in [6, 6.07) is 7.78. The van der Waals surface area contributed by atoms with E-state index in [4.69, 9.17) is 10.5 Å². The van der Waals surface area contributed by atoms with Crippen molar-refractivity contribution < 1.29 is 9.53 Å². The molecule has 3 N–H and O–H groups in total. The van der Waals surface area contributed by atoms with E-state index in [1.165, 1.54) is 0 Å². The Morgan fingerprint density at radius 1 is 1.33 bits per heavy atom. The first-order valence-electron chi connectivity index (χ1n) is 7.79. The summed E-state index contributed by atoms with van der Waals surface area (Å²) in [6.07, 6.45) is 4.04. The highest BCUT2D eigenvalue weighted by molar-refractivity contribution is 5.79. The summed E-state index contributed by atoms with van der Waals surface area (Å²) in [5, 5.41) is 3.12. The first kappa shape index (κ1) is 15.8. The number of nitrogens with one attached hydrogen (secondary N) is 1. The molecule has 4 nitrogen and oxygen atoms in total. The maximum Gasteiger partial charge on any atom is 0.223 e. The number of methoxy groups -OCH3 is 1. The summed E-state index contributed by atoms with van der Waals surface area (Å²) < 4.78 is 5.36. The fourth-order valence-electron chi connectivity index (χ4n) is 3.09. The van der Waals surface area contributed by atoms with Gasteiger partial charge in [-0.15, -0.1) is 0 Å². The molecule has 1 aromatic carbocycles. The number of rotatable bonds is 5. The van der Waals surface area contributed by atoms with Crippen molar-refractivity contribution in [3.63, 3.8) is 0 Å². The fourth-order valence-corrected chi connectivity index (χ4v) is 3.09. The van der Waals surface area contributed by atoms with Crippen LogP contribution < -0.4 is 15.8 Å². The number of para-hydroxylation sites is 1. The lowest BCUT2D eigenvalue weighted by Gasteiger charge is -2.28. The molecule has 1 aliphatic rings. The molecule has 0 aliphatic heterocycles. The molecule has 0 radical (unpaired) electrons. The summed E-state index contributed by atoms with van der Waals surface area (Å²) in [5.41, 5.74) is 6.72. The largest absolute Gasteiger partial charge is 0.496 e. The lowest BCUT2D eigenvalue weighted by Crippen LogP contribution is -2.35. The molecule has 0 unspecified atom stereocenters. The molecule has 1 fully saturated rings. The standard InChI is InChI=1S/C17H26N2O2/c1-12(15-5-3-4-6-16(15)21-2)19-17(20)14-9-7-13(11-18)8-10-14/h3-6,12-14H,7-11,18H2,1-2H3,(H,19,20)/t12-,13?,14?/m1/s1. The van der Waals surface area contributed by atoms with E-state index in [-0.39, 0.29) is 17.9 Å². The highest BCUT2D eigenvalue weighted by Crippen LogP contribution is 2.30. The maximum atomic E-state index is 12.4. The average molecular weight is 290 g/mol. The van der Waals surface area contributed by atoms with Gasteiger partial charge in [0, 0.05) is 11.5 Å². The van der Waals surface area contributed by atoms with Crippen LogP contribution in [0, 0.1) is 11.8 Å². The lowest BCUT2D eigenvalue weighted by molar-refractivity contribution is -0.126. The van der Waals surface area contributed by atoms with E-state index >= 15 is 0 Å². The van der Waals surface area contributed by atoms with Gasteiger partial charge >= 0.3 is 0 Å². The van der Waals surface area contributed by atoms with Crippen molar-refractivity contribution in [3.05, 3.63) is 29.8 Å². The minimum Gasteiger partial charge on any atom is -0.496 e. The minimum absolute atomic E-state index is 0.0409. The van der Waals surface area contributed by atoms with Crippen LogP contribution in [0.4, 0.5) is 0 Å². The zero-order chi connectivity index (χ0) is 15.2. The van der Waals surface area contributed by atoms with Gasteiger partial charge in [-0.1, -0.05) is 18.2 Å². The van der Waals surface area contributed by atoms with Gasteiger partial charge < -0.3 is 15.8 Å². The van der Waals surface area contributed by atoms with E-state index < -0.39 is 0 Å². The molecule has 0 spiro atoms. The Hall–Kier alpha value is -1.55. The highest BCUT2D eigenvalue weighted by atomic mass is 16.5. The second-order valence-electron chi connectivity index (χ2n) is 5.93. The van der Waals surface area contributed by atoms with Crippen molar-refractivity contribution in [2.45, 2.75) is 38.6 Å². The number of nitrogens with two attached hydrogens (primary N) is 1. The molecule has 0 heterocycles. The van der Waals surface area contributed by atoms with Crippen LogP contribution in [0.2, 0.25) is 0 Å². The van der Waals surface area contributed by atoms with Gasteiger partial charge in [0.05, 0.1) is 13.2 Å². The summed E-state index contributed by atoms with van der Waals surface area (Å²) in [6.45, 7) is 2.74. The monoisotopic (exact) mass is 290 g/mol. The van der Waals surface area contributed by atoms with Crippen LogP contribution in [0.3, 0.4) is 0 Å². The Balaban J connectivity index is 1.93. The molecule has 2 rings (SSSR count). The van der Waals surface area contributed by atoms with Crippen LogP contribution in [0.15, 0.2) is 24.3 Å². The summed E-state index contributed by atoms with van der Waals surface area (Å²) in [7, 11) is 1.65. The Bertz CT molecular complexity index is 468. The lowest BCUT2D eigenvalue weighted by atomic mass is 9.81. The van der Waals surface area contributed by atoms with E-state index in [9.17, 15) is 4.79 Å². The molecule has 0 aromatic heterocycles. The average Bonchev–Trinajstić information content (AvgIpc) is 2.54. The van der Waals surface area contributed by atoms with E-state index in [1.807, 2.05) is 31.2 Å². The first-order chi connectivity index (χ1) is 10.2. The van der Waals surface area contributed by atoms with Crippen molar-refractivity contribution in [3.8, 4) is 5.75 Å². The Labute approximate surface area is 127 Å². The topological polar surface area (TPSA) is 64.3 Å². The zero-order valence-corrected chi connectivity index (χ0v) is 13.0. The molecule has 1 atom stereocenters. The predicted octanol–water partition coefficient (Wildman–Crippen LogP) is 2.64. The molecule has 21 heavy (non-hydrogen) atoms. The molecular formula is C17H26N2O2. The molecule has 1 aromatic rings. The molecule has 0 bridgehead atoms. The van der Waals surface area contributed by atoms with Crippen LogP contribution in [-0.2, 0) is 4.79 Å². The predicted molar refractivity (Wildman–Crippen MR) is 84.1 cm³/mol. The molecule has 1 saturated carbocycles. The number of carbonyl (C=O) groups excluding carboxylic acids is 1. The van der Waals surface area contributed by atoms with Crippen LogP contribution in [0.5, 0.6) is 5.75 Å². The number of hydrogen-bond donors (Lipinski definition) is 2. The fraction of sp³-hybridized carbons (Fsp3) is 0.588. The van der Waals surface area contributed by atoms with Crippen LogP contribution >= 0.6 is 0 Å². The molecule has 1 aliphatic carbocycles. The van der Waals surface area contributed by atoms with Gasteiger partial charge in [0.1, 0.15) is 5.75 Å². The molecular weight excluding hydrogens is 264 g/mol. The Kier molecular flexibility index (Phi) is 5.62. The molecule has 0 saturated heterocycles. The number of carbonyl (C=O) groups is 1. The minimum atomic E-state index is -0.0409.